The molecular weight excluding hydrogens is 152 g/mol. The van der Waals surface area contributed by atoms with Crippen molar-refractivity contribution >= 4 is 6.21 Å². The minimum atomic E-state index is 0.557. The van der Waals surface area contributed by atoms with Gasteiger partial charge in [-0.25, -0.2) is 0 Å². The highest BCUT2D eigenvalue weighted by Gasteiger charge is 2.07. The van der Waals surface area contributed by atoms with Crippen LogP contribution in [-0.2, 0) is 0 Å². The molecule has 0 amide bonds. The molecule has 1 rings (SSSR count). The van der Waals surface area contributed by atoms with Gasteiger partial charge in [-0.05, 0) is 0 Å². The highest BCUT2D eigenvalue weighted by molar-refractivity contribution is 5.59. The molecule has 4 nitrogen and oxygen atoms in total. The third-order valence-corrected chi connectivity index (χ3v) is 1.99. The number of nitrogens with zero attached hydrogens (tertiary/aromatic N) is 2. The van der Waals surface area contributed by atoms with Gasteiger partial charge in [0.1, 0.15) is 0 Å². The lowest BCUT2D eigenvalue weighted by Gasteiger charge is -2.26. The molecule has 3 N–H and O–H groups in total. The van der Waals surface area contributed by atoms with Gasteiger partial charge in [0.15, 0.2) is 0 Å². The molecule has 0 bridgehead atoms. The van der Waals surface area contributed by atoms with Crippen molar-refractivity contribution in [2.75, 3.05) is 45.8 Å². The lowest BCUT2D eigenvalue weighted by atomic mass is 10.3. The Labute approximate surface area is 73.8 Å². The molecule has 0 aromatic carbocycles. The van der Waals surface area contributed by atoms with Crippen LogP contribution in [0.25, 0.3) is 0 Å². The summed E-state index contributed by atoms with van der Waals surface area (Å²) in [6.45, 7) is 7.04. The lowest BCUT2D eigenvalue weighted by molar-refractivity contribution is 0.248. The van der Waals surface area contributed by atoms with Crippen LogP contribution in [-0.4, -0.2) is 56.9 Å². The molecule has 70 valence electrons. The largest absolute Gasteiger partial charge is 0.326 e. The molecule has 0 unspecified atom stereocenters. The average Bonchev–Trinajstić information content (AvgIpc) is 2.14. The number of nitrogens with one attached hydrogen (secondary N) is 1. The smallest absolute Gasteiger partial charge is 0.0513 e. The van der Waals surface area contributed by atoms with E-state index in [4.69, 9.17) is 5.73 Å². The van der Waals surface area contributed by atoms with Crippen LogP contribution >= 0.6 is 0 Å². The first-order valence-corrected chi connectivity index (χ1v) is 4.55. The maximum atomic E-state index is 5.27. The fraction of sp³-hybridized carbons (Fsp3) is 0.875. The zero-order chi connectivity index (χ0) is 8.65. The zero-order valence-corrected chi connectivity index (χ0v) is 7.50. The molecule has 1 aliphatic rings. The van der Waals surface area contributed by atoms with Crippen LogP contribution in [0.15, 0.2) is 4.99 Å². The van der Waals surface area contributed by atoms with Crippen LogP contribution in [0.5, 0.6) is 0 Å². The van der Waals surface area contributed by atoms with Crippen LogP contribution in [0.3, 0.4) is 0 Å². The van der Waals surface area contributed by atoms with Crippen LogP contribution in [0.4, 0.5) is 0 Å². The van der Waals surface area contributed by atoms with Crippen molar-refractivity contribution < 1.29 is 0 Å². The number of rotatable bonds is 4. The lowest BCUT2D eigenvalue weighted by Crippen LogP contribution is -2.44. The van der Waals surface area contributed by atoms with Crippen molar-refractivity contribution in [3.05, 3.63) is 0 Å². The molecule has 4 heteroatoms. The van der Waals surface area contributed by atoms with Crippen molar-refractivity contribution in [3.8, 4) is 0 Å². The number of aliphatic imine (C=N–C) groups is 1. The molecule has 0 aromatic rings. The highest BCUT2D eigenvalue weighted by atomic mass is 15.2. The maximum absolute atomic E-state index is 5.27. The monoisotopic (exact) mass is 170 g/mol. The van der Waals surface area contributed by atoms with E-state index in [-0.39, 0.29) is 0 Å². The fourth-order valence-electron chi connectivity index (χ4n) is 1.30. The van der Waals surface area contributed by atoms with Gasteiger partial charge in [0.05, 0.1) is 6.54 Å². The molecular formula is C8H18N4. The average molecular weight is 170 g/mol. The Bertz CT molecular complexity index is 129. The Balaban J connectivity index is 2.01. The van der Waals surface area contributed by atoms with Gasteiger partial charge in [-0.1, -0.05) is 0 Å². The fourth-order valence-corrected chi connectivity index (χ4v) is 1.30. The Morgan fingerprint density at radius 2 is 2.17 bits per heavy atom. The summed E-state index contributed by atoms with van der Waals surface area (Å²) in [5, 5.41) is 3.32. The normalized spacial score (nSPS) is 20.4. The summed E-state index contributed by atoms with van der Waals surface area (Å²) in [4.78, 5) is 6.59. The second-order valence-electron chi connectivity index (χ2n) is 2.92. The molecule has 12 heavy (non-hydrogen) atoms. The Kier molecular flexibility index (Phi) is 4.91. The Morgan fingerprint density at radius 3 is 2.83 bits per heavy atom. The summed E-state index contributed by atoms with van der Waals surface area (Å²) >= 11 is 0. The van der Waals surface area contributed by atoms with E-state index < -0.39 is 0 Å². The number of hydrogen-bond donors (Lipinski definition) is 2. The van der Waals surface area contributed by atoms with Gasteiger partial charge in [-0.2, -0.15) is 0 Å². The van der Waals surface area contributed by atoms with E-state index in [1.165, 1.54) is 0 Å². The minimum absolute atomic E-state index is 0.557. The van der Waals surface area contributed by atoms with Gasteiger partial charge in [0, 0.05) is 45.5 Å². The topological polar surface area (TPSA) is 53.6 Å². The molecule has 0 aliphatic carbocycles. The van der Waals surface area contributed by atoms with E-state index in [0.717, 1.165) is 39.3 Å². The second kappa shape index (κ2) is 6.11. The number of piperazine rings is 1. The summed E-state index contributed by atoms with van der Waals surface area (Å²) < 4.78 is 0. The Morgan fingerprint density at radius 1 is 1.42 bits per heavy atom. The SMILES string of the molecule is NCC=NCCN1CCNCC1. The molecule has 1 saturated heterocycles. The summed E-state index contributed by atoms with van der Waals surface area (Å²) in [6, 6.07) is 0. The van der Waals surface area contributed by atoms with Crippen LogP contribution in [0, 0.1) is 0 Å². The molecule has 1 aliphatic heterocycles. The predicted octanol–water partition coefficient (Wildman–Crippen LogP) is -1.08. The van der Waals surface area contributed by atoms with E-state index in [2.05, 4.69) is 15.2 Å². The summed E-state index contributed by atoms with van der Waals surface area (Å²) in [5.74, 6) is 0. The van der Waals surface area contributed by atoms with Gasteiger partial charge in [0.2, 0.25) is 0 Å². The van der Waals surface area contributed by atoms with Crippen molar-refractivity contribution in [1.29, 1.82) is 0 Å². The molecule has 0 aromatic heterocycles. The highest BCUT2D eigenvalue weighted by Crippen LogP contribution is 1.90. The first kappa shape index (κ1) is 9.64. The van der Waals surface area contributed by atoms with Crippen LogP contribution < -0.4 is 11.1 Å². The molecule has 1 fully saturated rings. The van der Waals surface area contributed by atoms with Crippen molar-refractivity contribution in [1.82, 2.24) is 10.2 Å². The van der Waals surface area contributed by atoms with Gasteiger partial charge in [0.25, 0.3) is 0 Å². The first-order valence-electron chi connectivity index (χ1n) is 4.55. The standard InChI is InChI=1S/C8H18N4/c9-1-2-10-3-6-12-7-4-11-5-8-12/h2,11H,1,3-9H2. The molecule has 0 spiro atoms. The van der Waals surface area contributed by atoms with E-state index in [1.54, 1.807) is 6.21 Å². The zero-order valence-electron chi connectivity index (χ0n) is 7.50. The molecule has 1 heterocycles. The van der Waals surface area contributed by atoms with Crippen molar-refractivity contribution in [2.24, 2.45) is 10.7 Å². The quantitative estimate of drug-likeness (QED) is 0.528. The first-order chi connectivity index (χ1) is 5.93. The van der Waals surface area contributed by atoms with E-state index in [0.29, 0.717) is 6.54 Å². The molecule has 0 radical (unpaired) electrons. The summed E-state index contributed by atoms with van der Waals surface area (Å²) in [7, 11) is 0. The number of nitrogens with two attached hydrogens (primary N) is 1. The third kappa shape index (κ3) is 3.80. The third-order valence-electron chi connectivity index (χ3n) is 1.99. The van der Waals surface area contributed by atoms with Crippen molar-refractivity contribution in [3.63, 3.8) is 0 Å². The van der Waals surface area contributed by atoms with Gasteiger partial charge in [-0.15, -0.1) is 0 Å². The minimum Gasteiger partial charge on any atom is -0.326 e. The molecule has 0 saturated carbocycles. The van der Waals surface area contributed by atoms with E-state index in [1.807, 2.05) is 0 Å². The van der Waals surface area contributed by atoms with E-state index >= 15 is 0 Å². The van der Waals surface area contributed by atoms with Crippen LogP contribution in [0.1, 0.15) is 0 Å². The molecule has 0 atom stereocenters. The van der Waals surface area contributed by atoms with Crippen LogP contribution in [0.2, 0.25) is 0 Å². The second-order valence-corrected chi connectivity index (χ2v) is 2.92. The summed E-state index contributed by atoms with van der Waals surface area (Å²) in [6.07, 6.45) is 1.78. The number of hydrogen-bond acceptors (Lipinski definition) is 4. The van der Waals surface area contributed by atoms with Gasteiger partial charge in [-0.3, -0.25) is 9.89 Å². The summed E-state index contributed by atoms with van der Waals surface area (Å²) in [5.41, 5.74) is 5.27. The maximum Gasteiger partial charge on any atom is 0.0513 e. The van der Waals surface area contributed by atoms with Crippen molar-refractivity contribution in [2.45, 2.75) is 0 Å². The van der Waals surface area contributed by atoms with E-state index in [9.17, 15) is 0 Å². The predicted molar refractivity (Wildman–Crippen MR) is 51.7 cm³/mol. The van der Waals surface area contributed by atoms with Gasteiger partial charge >= 0.3 is 0 Å². The Hall–Kier alpha value is -0.450. The van der Waals surface area contributed by atoms with Gasteiger partial charge < -0.3 is 11.1 Å².